The topological polar surface area (TPSA) is 133 Å². The van der Waals surface area contributed by atoms with Crippen LogP contribution in [0.5, 0.6) is 0 Å². The fraction of sp³-hybridized carbons (Fsp3) is 0. The number of nitriles is 2. The third-order valence-electron chi connectivity index (χ3n) is 2.43. The van der Waals surface area contributed by atoms with Gasteiger partial charge in [-0.2, -0.15) is 20.7 Å². The molecule has 2 aromatic rings. The smallest absolute Gasteiger partial charge is 0.274 e. The summed E-state index contributed by atoms with van der Waals surface area (Å²) in [6.07, 6.45) is 2.37. The standard InChI is InChI=1S/C12H7N7O2/c13-5-9(6-14)16-17-11-3-1-2-4-12(11)18-8-10(7-15-18)19(20)21/h1-4,7-8,17H. The number of nitrogens with one attached hydrogen (secondary N) is 1. The van der Waals surface area contributed by atoms with Gasteiger partial charge in [0.05, 0.1) is 16.3 Å². The first-order valence-corrected chi connectivity index (χ1v) is 5.58. The Morgan fingerprint density at radius 2 is 2.10 bits per heavy atom. The van der Waals surface area contributed by atoms with E-state index in [0.717, 1.165) is 6.20 Å². The summed E-state index contributed by atoms with van der Waals surface area (Å²) in [5, 5.41) is 35.4. The maximum Gasteiger partial charge on any atom is 0.307 e. The lowest BCUT2D eigenvalue weighted by Crippen LogP contribution is -2.02. The third kappa shape index (κ3) is 3.00. The molecule has 1 aromatic carbocycles. The fourth-order valence-electron chi connectivity index (χ4n) is 1.50. The number of rotatable bonds is 4. The SMILES string of the molecule is N#CC(C#N)=NNc1ccccc1-n1cc([N+](=O)[O-])cn1. The lowest BCUT2D eigenvalue weighted by molar-refractivity contribution is -0.384. The van der Waals surface area contributed by atoms with Crippen LogP contribution in [0.25, 0.3) is 5.69 Å². The summed E-state index contributed by atoms with van der Waals surface area (Å²) in [5.41, 5.74) is 3.01. The van der Waals surface area contributed by atoms with Crippen molar-refractivity contribution in [2.45, 2.75) is 0 Å². The first-order chi connectivity index (χ1) is 10.2. The average Bonchev–Trinajstić information content (AvgIpc) is 2.98. The summed E-state index contributed by atoms with van der Waals surface area (Å²) < 4.78 is 1.30. The second kappa shape index (κ2) is 5.95. The molecule has 0 amide bonds. The molecule has 21 heavy (non-hydrogen) atoms. The highest BCUT2D eigenvalue weighted by molar-refractivity contribution is 6.10. The molecule has 0 bridgehead atoms. The summed E-state index contributed by atoms with van der Waals surface area (Å²) >= 11 is 0. The van der Waals surface area contributed by atoms with Crippen molar-refractivity contribution in [3.8, 4) is 17.8 Å². The maximum atomic E-state index is 10.7. The van der Waals surface area contributed by atoms with E-state index < -0.39 is 4.92 Å². The molecule has 0 aliphatic carbocycles. The van der Waals surface area contributed by atoms with E-state index in [1.165, 1.54) is 10.9 Å². The summed E-state index contributed by atoms with van der Waals surface area (Å²) in [6, 6.07) is 9.95. The van der Waals surface area contributed by atoms with Gasteiger partial charge in [0.25, 0.3) is 0 Å². The molecule has 0 saturated heterocycles. The van der Waals surface area contributed by atoms with Gasteiger partial charge in [-0.25, -0.2) is 4.68 Å². The lowest BCUT2D eigenvalue weighted by Gasteiger charge is -2.07. The molecular weight excluding hydrogens is 274 g/mol. The molecule has 0 atom stereocenters. The van der Waals surface area contributed by atoms with Gasteiger partial charge in [0.15, 0.2) is 0 Å². The zero-order chi connectivity index (χ0) is 15.2. The highest BCUT2D eigenvalue weighted by atomic mass is 16.6. The summed E-state index contributed by atoms with van der Waals surface area (Å²) in [7, 11) is 0. The Labute approximate surface area is 118 Å². The van der Waals surface area contributed by atoms with E-state index in [1.807, 2.05) is 0 Å². The van der Waals surface area contributed by atoms with Crippen molar-refractivity contribution < 1.29 is 4.92 Å². The number of nitrogens with zero attached hydrogens (tertiary/aromatic N) is 6. The average molecular weight is 281 g/mol. The zero-order valence-electron chi connectivity index (χ0n) is 10.5. The van der Waals surface area contributed by atoms with E-state index in [1.54, 1.807) is 36.4 Å². The predicted molar refractivity (Wildman–Crippen MR) is 72.5 cm³/mol. The van der Waals surface area contributed by atoms with Crippen molar-refractivity contribution in [3.05, 3.63) is 46.8 Å². The number of benzene rings is 1. The molecule has 1 N–H and O–H groups in total. The molecule has 1 heterocycles. The van der Waals surface area contributed by atoms with Gasteiger partial charge in [-0.3, -0.25) is 15.5 Å². The van der Waals surface area contributed by atoms with Crippen LogP contribution >= 0.6 is 0 Å². The number of hydrazone groups is 1. The molecule has 1 aromatic heterocycles. The Kier molecular flexibility index (Phi) is 3.88. The Balaban J connectivity index is 2.37. The van der Waals surface area contributed by atoms with E-state index in [0.29, 0.717) is 11.4 Å². The minimum Gasteiger partial charge on any atom is -0.274 e. The van der Waals surface area contributed by atoms with Gasteiger partial charge in [0, 0.05) is 0 Å². The summed E-state index contributed by atoms with van der Waals surface area (Å²) in [5.74, 6) is 0. The van der Waals surface area contributed by atoms with Crippen molar-refractivity contribution in [2.75, 3.05) is 5.43 Å². The lowest BCUT2D eigenvalue weighted by atomic mass is 10.3. The molecule has 0 aliphatic heterocycles. The van der Waals surface area contributed by atoms with Crippen molar-refractivity contribution >= 4 is 17.1 Å². The largest absolute Gasteiger partial charge is 0.307 e. The molecule has 2 rings (SSSR count). The van der Waals surface area contributed by atoms with Crippen molar-refractivity contribution in [2.24, 2.45) is 5.10 Å². The van der Waals surface area contributed by atoms with Crippen molar-refractivity contribution in [3.63, 3.8) is 0 Å². The van der Waals surface area contributed by atoms with Gasteiger partial charge in [0.2, 0.25) is 5.71 Å². The van der Waals surface area contributed by atoms with E-state index in [9.17, 15) is 10.1 Å². The normalized spacial score (nSPS) is 9.24. The van der Waals surface area contributed by atoms with Gasteiger partial charge in [-0.15, -0.1) is 0 Å². The molecule has 9 nitrogen and oxygen atoms in total. The molecule has 9 heteroatoms. The highest BCUT2D eigenvalue weighted by Gasteiger charge is 2.12. The van der Waals surface area contributed by atoms with Crippen LogP contribution in [-0.2, 0) is 0 Å². The Morgan fingerprint density at radius 3 is 2.71 bits per heavy atom. The van der Waals surface area contributed by atoms with Crippen LogP contribution in [0, 0.1) is 32.8 Å². The van der Waals surface area contributed by atoms with E-state index >= 15 is 0 Å². The van der Waals surface area contributed by atoms with Crippen molar-refractivity contribution in [1.82, 2.24) is 9.78 Å². The number of para-hydroxylation sites is 2. The van der Waals surface area contributed by atoms with E-state index in [-0.39, 0.29) is 11.4 Å². The van der Waals surface area contributed by atoms with Crippen LogP contribution < -0.4 is 5.43 Å². The molecule has 0 aliphatic rings. The predicted octanol–water partition coefficient (Wildman–Crippen LogP) is 1.60. The summed E-state index contributed by atoms with van der Waals surface area (Å²) in [4.78, 5) is 10.1. The van der Waals surface area contributed by atoms with Gasteiger partial charge >= 0.3 is 5.69 Å². The first kappa shape index (κ1) is 13.7. The van der Waals surface area contributed by atoms with Crippen LogP contribution in [0.2, 0.25) is 0 Å². The third-order valence-corrected chi connectivity index (χ3v) is 2.43. The van der Waals surface area contributed by atoms with E-state index in [2.05, 4.69) is 15.6 Å². The van der Waals surface area contributed by atoms with Gasteiger partial charge in [-0.1, -0.05) is 12.1 Å². The van der Waals surface area contributed by atoms with Crippen molar-refractivity contribution in [1.29, 1.82) is 10.5 Å². The number of hydrogen-bond donors (Lipinski definition) is 1. The minimum atomic E-state index is -0.554. The molecule has 0 radical (unpaired) electrons. The highest BCUT2D eigenvalue weighted by Crippen LogP contribution is 2.21. The molecule has 102 valence electrons. The number of aromatic nitrogens is 2. The Hall–Kier alpha value is -3.72. The molecule has 0 saturated carbocycles. The van der Waals surface area contributed by atoms with Gasteiger partial charge in [-0.05, 0) is 12.1 Å². The molecule has 0 unspecified atom stereocenters. The second-order valence-corrected chi connectivity index (χ2v) is 3.71. The van der Waals surface area contributed by atoms with Crippen LogP contribution in [0.4, 0.5) is 11.4 Å². The van der Waals surface area contributed by atoms with Crippen LogP contribution in [-0.4, -0.2) is 20.4 Å². The summed E-state index contributed by atoms with van der Waals surface area (Å²) in [6.45, 7) is 0. The minimum absolute atomic E-state index is 0.150. The van der Waals surface area contributed by atoms with Gasteiger partial charge < -0.3 is 0 Å². The number of hydrogen-bond acceptors (Lipinski definition) is 7. The molecule has 0 fully saturated rings. The maximum absolute atomic E-state index is 10.7. The van der Waals surface area contributed by atoms with Crippen LogP contribution in [0.3, 0.4) is 0 Å². The van der Waals surface area contributed by atoms with Crippen LogP contribution in [0.15, 0.2) is 41.8 Å². The van der Waals surface area contributed by atoms with Crippen LogP contribution in [0.1, 0.15) is 0 Å². The molecular formula is C12H7N7O2. The molecule has 0 spiro atoms. The number of anilines is 1. The Morgan fingerprint density at radius 1 is 1.38 bits per heavy atom. The van der Waals surface area contributed by atoms with Gasteiger partial charge in [0.1, 0.15) is 24.5 Å². The quantitative estimate of drug-likeness (QED) is 0.514. The number of nitro groups is 1. The monoisotopic (exact) mass is 281 g/mol. The van der Waals surface area contributed by atoms with E-state index in [4.69, 9.17) is 10.5 Å². The second-order valence-electron chi connectivity index (χ2n) is 3.71. The zero-order valence-corrected chi connectivity index (χ0v) is 10.5. The fourth-order valence-corrected chi connectivity index (χ4v) is 1.50. The first-order valence-electron chi connectivity index (χ1n) is 5.58. The Bertz CT molecular complexity index is 778.